The van der Waals surface area contributed by atoms with Gasteiger partial charge in [-0.15, -0.1) is 11.6 Å². The molecule has 0 N–H and O–H groups in total. The van der Waals surface area contributed by atoms with Gasteiger partial charge in [0.15, 0.2) is 0 Å². The van der Waals surface area contributed by atoms with Gasteiger partial charge in [0.05, 0.1) is 7.11 Å². The van der Waals surface area contributed by atoms with Gasteiger partial charge in [0.1, 0.15) is 5.75 Å². The third kappa shape index (κ3) is 3.11. The molecule has 0 fully saturated rings. The number of allylic oxidation sites excluding steroid dienone is 1. The molecule has 0 atom stereocenters. The van der Waals surface area contributed by atoms with Crippen molar-refractivity contribution in [3.8, 4) is 5.75 Å². The monoisotopic (exact) mass is 196 g/mol. The summed E-state index contributed by atoms with van der Waals surface area (Å²) in [5.74, 6) is 1.55. The third-order valence-corrected chi connectivity index (χ3v) is 1.93. The highest BCUT2D eigenvalue weighted by atomic mass is 35.5. The minimum atomic E-state index is 0.658. The predicted molar refractivity (Wildman–Crippen MR) is 57.4 cm³/mol. The van der Waals surface area contributed by atoms with Crippen molar-refractivity contribution >= 4 is 17.7 Å². The molecule has 1 aromatic carbocycles. The topological polar surface area (TPSA) is 9.23 Å². The molecule has 0 saturated heterocycles. The molecule has 0 radical (unpaired) electrons. The molecule has 13 heavy (non-hydrogen) atoms. The fourth-order valence-corrected chi connectivity index (χ4v) is 1.20. The predicted octanol–water partition coefficient (Wildman–Crippen LogP) is 3.34. The highest BCUT2D eigenvalue weighted by Crippen LogP contribution is 2.18. The van der Waals surface area contributed by atoms with Crippen LogP contribution in [-0.4, -0.2) is 13.0 Å². The van der Waals surface area contributed by atoms with Crippen LogP contribution in [0.4, 0.5) is 0 Å². The van der Waals surface area contributed by atoms with Crippen LogP contribution in [0.5, 0.6) is 5.75 Å². The van der Waals surface area contributed by atoms with Gasteiger partial charge in [-0.05, 0) is 12.5 Å². The molecule has 0 aliphatic rings. The summed E-state index contributed by atoms with van der Waals surface area (Å²) in [6.45, 7) is 0. The van der Waals surface area contributed by atoms with E-state index in [1.54, 1.807) is 7.11 Å². The van der Waals surface area contributed by atoms with Crippen LogP contribution in [0.15, 0.2) is 30.3 Å². The van der Waals surface area contributed by atoms with Crippen molar-refractivity contribution in [3.05, 3.63) is 35.9 Å². The van der Waals surface area contributed by atoms with Gasteiger partial charge < -0.3 is 4.74 Å². The Morgan fingerprint density at radius 2 is 2.15 bits per heavy atom. The van der Waals surface area contributed by atoms with E-state index in [2.05, 4.69) is 0 Å². The zero-order valence-corrected chi connectivity index (χ0v) is 8.42. The van der Waals surface area contributed by atoms with Crippen LogP contribution in [0.3, 0.4) is 0 Å². The number of halogens is 1. The third-order valence-electron chi connectivity index (χ3n) is 1.71. The van der Waals surface area contributed by atoms with E-state index in [9.17, 15) is 0 Å². The van der Waals surface area contributed by atoms with E-state index in [0.29, 0.717) is 5.88 Å². The van der Waals surface area contributed by atoms with Crippen LogP contribution in [0.2, 0.25) is 0 Å². The zero-order chi connectivity index (χ0) is 9.52. The van der Waals surface area contributed by atoms with Gasteiger partial charge in [-0.1, -0.05) is 30.4 Å². The number of hydrogen-bond donors (Lipinski definition) is 0. The Labute approximate surface area is 84.0 Å². The second-order valence-corrected chi connectivity index (χ2v) is 3.00. The molecule has 1 aromatic rings. The lowest BCUT2D eigenvalue weighted by Gasteiger charge is -2.02. The number of hydrogen-bond acceptors (Lipinski definition) is 1. The lowest BCUT2D eigenvalue weighted by atomic mass is 10.2. The van der Waals surface area contributed by atoms with Crippen LogP contribution < -0.4 is 4.74 Å². The maximum Gasteiger partial charge on any atom is 0.126 e. The van der Waals surface area contributed by atoms with Gasteiger partial charge in [0, 0.05) is 11.4 Å². The van der Waals surface area contributed by atoms with Crippen molar-refractivity contribution in [1.29, 1.82) is 0 Å². The largest absolute Gasteiger partial charge is 0.496 e. The van der Waals surface area contributed by atoms with E-state index in [1.165, 1.54) is 0 Å². The molecule has 0 unspecified atom stereocenters. The molecule has 0 saturated carbocycles. The van der Waals surface area contributed by atoms with Crippen molar-refractivity contribution in [2.45, 2.75) is 6.42 Å². The number of alkyl halides is 1. The molecule has 0 aliphatic heterocycles. The van der Waals surface area contributed by atoms with Crippen LogP contribution in [0.1, 0.15) is 12.0 Å². The Balaban J connectivity index is 2.74. The molecule has 0 amide bonds. The maximum absolute atomic E-state index is 5.56. The maximum atomic E-state index is 5.56. The van der Waals surface area contributed by atoms with Crippen LogP contribution in [0, 0.1) is 0 Å². The van der Waals surface area contributed by atoms with Crippen LogP contribution >= 0.6 is 11.6 Å². The molecule has 0 heterocycles. The number of rotatable bonds is 4. The first-order valence-electron chi connectivity index (χ1n) is 4.24. The molecule has 1 rings (SSSR count). The minimum absolute atomic E-state index is 0.658. The van der Waals surface area contributed by atoms with Crippen molar-refractivity contribution < 1.29 is 4.74 Å². The fourth-order valence-electron chi connectivity index (χ4n) is 1.08. The van der Waals surface area contributed by atoms with Gasteiger partial charge in [-0.3, -0.25) is 0 Å². The lowest BCUT2D eigenvalue weighted by Crippen LogP contribution is -1.85. The van der Waals surface area contributed by atoms with E-state index < -0.39 is 0 Å². The Morgan fingerprint density at radius 1 is 1.38 bits per heavy atom. The van der Waals surface area contributed by atoms with Gasteiger partial charge in [0.25, 0.3) is 0 Å². The first kappa shape index (κ1) is 10.1. The highest BCUT2D eigenvalue weighted by molar-refractivity contribution is 6.17. The van der Waals surface area contributed by atoms with Gasteiger partial charge >= 0.3 is 0 Å². The molecule has 1 nitrogen and oxygen atoms in total. The zero-order valence-electron chi connectivity index (χ0n) is 7.66. The number of benzene rings is 1. The van der Waals surface area contributed by atoms with Gasteiger partial charge in [-0.25, -0.2) is 0 Å². The minimum Gasteiger partial charge on any atom is -0.496 e. The Bertz CT molecular complexity index is 281. The first-order valence-corrected chi connectivity index (χ1v) is 4.77. The molecular weight excluding hydrogens is 184 g/mol. The van der Waals surface area contributed by atoms with Crippen LogP contribution in [0.25, 0.3) is 6.08 Å². The van der Waals surface area contributed by atoms with E-state index in [-0.39, 0.29) is 0 Å². The average Bonchev–Trinajstić information content (AvgIpc) is 2.19. The number of para-hydroxylation sites is 1. The van der Waals surface area contributed by atoms with E-state index in [1.807, 2.05) is 36.4 Å². The Kier molecular flexibility index (Phi) is 4.41. The normalized spacial score (nSPS) is 10.6. The van der Waals surface area contributed by atoms with E-state index >= 15 is 0 Å². The summed E-state index contributed by atoms with van der Waals surface area (Å²) in [5, 5.41) is 0. The van der Waals surface area contributed by atoms with Gasteiger partial charge in [-0.2, -0.15) is 0 Å². The molecule has 0 bridgehead atoms. The van der Waals surface area contributed by atoms with Crippen LogP contribution in [-0.2, 0) is 0 Å². The summed E-state index contributed by atoms with van der Waals surface area (Å²) in [5.41, 5.74) is 1.09. The summed E-state index contributed by atoms with van der Waals surface area (Å²) in [6, 6.07) is 7.91. The fraction of sp³-hybridized carbons (Fsp3) is 0.273. The molecule has 0 aliphatic carbocycles. The van der Waals surface area contributed by atoms with Gasteiger partial charge in [0.2, 0.25) is 0 Å². The highest BCUT2D eigenvalue weighted by Gasteiger charge is 1.95. The molecule has 2 heteroatoms. The molecule has 0 aromatic heterocycles. The van der Waals surface area contributed by atoms with E-state index in [0.717, 1.165) is 17.7 Å². The molecule has 0 spiro atoms. The smallest absolute Gasteiger partial charge is 0.126 e. The second kappa shape index (κ2) is 5.65. The summed E-state index contributed by atoms with van der Waals surface area (Å²) < 4.78 is 5.19. The molecule has 70 valence electrons. The summed E-state index contributed by atoms with van der Waals surface area (Å²) in [4.78, 5) is 0. The summed E-state index contributed by atoms with van der Waals surface area (Å²) >= 11 is 5.56. The van der Waals surface area contributed by atoms with Crippen molar-refractivity contribution in [3.63, 3.8) is 0 Å². The Morgan fingerprint density at radius 3 is 2.85 bits per heavy atom. The standard InChI is InChI=1S/C11H13ClO/c1-13-11-8-3-2-6-10(11)7-4-5-9-12/h2-4,6-8H,5,9H2,1H3/b7-4+. The molecular formula is C11H13ClO. The first-order chi connectivity index (χ1) is 6.38. The van der Waals surface area contributed by atoms with Crippen molar-refractivity contribution in [2.24, 2.45) is 0 Å². The van der Waals surface area contributed by atoms with Crippen molar-refractivity contribution in [2.75, 3.05) is 13.0 Å². The van der Waals surface area contributed by atoms with E-state index in [4.69, 9.17) is 16.3 Å². The van der Waals surface area contributed by atoms with Crippen molar-refractivity contribution in [1.82, 2.24) is 0 Å². The number of ether oxygens (including phenoxy) is 1. The summed E-state index contributed by atoms with van der Waals surface area (Å²) in [7, 11) is 1.67. The Hall–Kier alpha value is -0.950. The average molecular weight is 197 g/mol. The second-order valence-electron chi connectivity index (χ2n) is 2.62. The quantitative estimate of drug-likeness (QED) is 0.672. The number of methoxy groups -OCH3 is 1. The lowest BCUT2D eigenvalue weighted by molar-refractivity contribution is 0.414. The SMILES string of the molecule is COc1ccccc1/C=C/CCCl. The summed E-state index contributed by atoms with van der Waals surface area (Å²) in [6.07, 6.45) is 4.96.